The van der Waals surface area contributed by atoms with E-state index in [1.54, 1.807) is 0 Å². The molecule has 0 aliphatic carbocycles. The zero-order valence-electron chi connectivity index (χ0n) is 20.2. The van der Waals surface area contributed by atoms with E-state index in [9.17, 15) is 4.57 Å². The lowest BCUT2D eigenvalue weighted by molar-refractivity contribution is 0.411. The summed E-state index contributed by atoms with van der Waals surface area (Å²) >= 11 is 0. The van der Waals surface area contributed by atoms with Gasteiger partial charge in [-0.3, -0.25) is 0 Å². The van der Waals surface area contributed by atoms with Crippen molar-refractivity contribution in [3.05, 3.63) is 59.7 Å². The summed E-state index contributed by atoms with van der Waals surface area (Å²) in [5.74, 6) is 1.35. The van der Waals surface area contributed by atoms with E-state index < -0.39 is 8.25 Å². The van der Waals surface area contributed by atoms with Crippen LogP contribution in [0.5, 0.6) is 11.5 Å². The van der Waals surface area contributed by atoms with Gasteiger partial charge >= 0.3 is 8.25 Å². The fourth-order valence-corrected chi connectivity index (χ4v) is 4.68. The molecule has 0 spiro atoms. The molecule has 0 amide bonds. The Kier molecular flexibility index (Phi) is 13.8. The summed E-state index contributed by atoms with van der Waals surface area (Å²) < 4.78 is 24.2. The molecule has 0 saturated heterocycles. The van der Waals surface area contributed by atoms with Crippen LogP contribution in [0.4, 0.5) is 0 Å². The highest BCUT2D eigenvalue weighted by atomic mass is 31.1. The maximum Gasteiger partial charge on any atom is 0.805 e. The molecule has 3 nitrogen and oxygen atoms in total. The van der Waals surface area contributed by atoms with Crippen LogP contribution in [0.15, 0.2) is 48.5 Å². The molecule has 2 aromatic carbocycles. The maximum atomic E-state index is 12.7. The summed E-state index contributed by atoms with van der Waals surface area (Å²) in [6, 6.07) is 15.8. The Hall–Kier alpha value is -1.86. The van der Waals surface area contributed by atoms with Gasteiger partial charge in [-0.25, -0.2) is 9.05 Å². The lowest BCUT2D eigenvalue weighted by atomic mass is 10.0. The Morgan fingerprint density at radius 1 is 0.562 bits per heavy atom. The molecule has 0 saturated carbocycles. The van der Waals surface area contributed by atoms with E-state index >= 15 is 0 Å². The molecule has 0 N–H and O–H groups in total. The summed E-state index contributed by atoms with van der Waals surface area (Å²) in [5.41, 5.74) is 2.21. The van der Waals surface area contributed by atoms with Crippen molar-refractivity contribution in [3.8, 4) is 11.5 Å². The Morgan fingerprint density at radius 3 is 1.38 bits per heavy atom. The zero-order chi connectivity index (χ0) is 22.9. The molecule has 0 fully saturated rings. The molecule has 0 bridgehead atoms. The van der Waals surface area contributed by atoms with Gasteiger partial charge in [-0.15, -0.1) is 0 Å². The first-order valence-electron chi connectivity index (χ1n) is 12.7. The molecule has 0 aliphatic rings. The smallest absolute Gasteiger partial charge is 0.222 e. The number of rotatable bonds is 18. The molecule has 0 unspecified atom stereocenters. The van der Waals surface area contributed by atoms with Gasteiger partial charge in [-0.1, -0.05) is 114 Å². The van der Waals surface area contributed by atoms with Crippen molar-refractivity contribution in [1.82, 2.24) is 0 Å². The first-order valence-corrected chi connectivity index (χ1v) is 13.8. The first-order chi connectivity index (χ1) is 15.7. The molecule has 0 radical (unpaired) electrons. The Morgan fingerprint density at radius 2 is 0.938 bits per heavy atom. The Balaban J connectivity index is 1.84. The van der Waals surface area contributed by atoms with Crippen molar-refractivity contribution >= 4 is 8.25 Å². The van der Waals surface area contributed by atoms with E-state index in [0.717, 1.165) is 36.8 Å². The van der Waals surface area contributed by atoms with Crippen LogP contribution in [0.25, 0.3) is 0 Å². The first kappa shape index (κ1) is 26.4. The summed E-state index contributed by atoms with van der Waals surface area (Å²) in [6.07, 6.45) is 17.0. The van der Waals surface area contributed by atoms with Crippen LogP contribution < -0.4 is 9.05 Å². The molecule has 2 aromatic rings. The van der Waals surface area contributed by atoms with Crippen LogP contribution in [-0.4, -0.2) is 0 Å². The summed E-state index contributed by atoms with van der Waals surface area (Å²) in [6.45, 7) is 4.48. The normalized spacial score (nSPS) is 10.8. The van der Waals surface area contributed by atoms with Crippen LogP contribution in [0.2, 0.25) is 0 Å². The molecule has 0 heterocycles. The molecular weight excluding hydrogens is 415 g/mol. The number of benzene rings is 2. The molecular formula is C28H42O3P+. The standard InChI is InChI=1S/C28H42O3P/c1-3-5-7-9-11-13-19-25-21-15-17-23-27(25)30-32(29)31-28-24-18-16-22-26(28)20-14-12-10-8-6-4-2/h15-18,21-24H,3-14,19-20H2,1-2H3/q+1. The van der Waals surface area contributed by atoms with Gasteiger partial charge < -0.3 is 0 Å². The minimum absolute atomic E-state index is 0.676. The van der Waals surface area contributed by atoms with Crippen LogP contribution >= 0.6 is 8.25 Å². The largest absolute Gasteiger partial charge is 0.805 e. The van der Waals surface area contributed by atoms with Crippen molar-refractivity contribution in [2.75, 3.05) is 0 Å². The third kappa shape index (κ3) is 10.6. The third-order valence-electron chi connectivity index (χ3n) is 5.89. The van der Waals surface area contributed by atoms with E-state index in [4.69, 9.17) is 9.05 Å². The van der Waals surface area contributed by atoms with E-state index in [1.807, 2.05) is 36.4 Å². The number of unbranched alkanes of at least 4 members (excludes halogenated alkanes) is 10. The highest BCUT2D eigenvalue weighted by Crippen LogP contribution is 2.35. The molecule has 176 valence electrons. The van der Waals surface area contributed by atoms with E-state index in [-0.39, 0.29) is 0 Å². The minimum atomic E-state index is -2.27. The van der Waals surface area contributed by atoms with Crippen molar-refractivity contribution in [2.24, 2.45) is 0 Å². The van der Waals surface area contributed by atoms with Crippen molar-refractivity contribution in [3.63, 3.8) is 0 Å². The Bertz CT molecular complexity index is 711. The number of hydrogen-bond donors (Lipinski definition) is 0. The minimum Gasteiger partial charge on any atom is -0.222 e. The number of para-hydroxylation sites is 2. The highest BCUT2D eigenvalue weighted by molar-refractivity contribution is 7.34. The summed E-state index contributed by atoms with van der Waals surface area (Å²) in [7, 11) is -2.27. The van der Waals surface area contributed by atoms with Gasteiger partial charge in [-0.05, 0) is 37.8 Å². The molecule has 0 aromatic heterocycles. The van der Waals surface area contributed by atoms with Gasteiger partial charge in [0.05, 0.1) is 0 Å². The molecule has 32 heavy (non-hydrogen) atoms. The second-order valence-electron chi connectivity index (χ2n) is 8.66. The van der Waals surface area contributed by atoms with Gasteiger partial charge in [0, 0.05) is 15.7 Å². The zero-order valence-corrected chi connectivity index (χ0v) is 21.1. The summed E-state index contributed by atoms with van der Waals surface area (Å²) in [4.78, 5) is 0. The highest BCUT2D eigenvalue weighted by Gasteiger charge is 2.26. The molecule has 4 heteroatoms. The predicted molar refractivity (Wildman–Crippen MR) is 136 cm³/mol. The second-order valence-corrected chi connectivity index (χ2v) is 9.47. The van der Waals surface area contributed by atoms with Crippen LogP contribution in [0, 0.1) is 0 Å². The van der Waals surface area contributed by atoms with Gasteiger partial charge in [0.25, 0.3) is 0 Å². The lowest BCUT2D eigenvalue weighted by Gasteiger charge is -2.06. The van der Waals surface area contributed by atoms with Crippen LogP contribution in [0.1, 0.15) is 102 Å². The van der Waals surface area contributed by atoms with E-state index in [0.29, 0.717) is 11.5 Å². The monoisotopic (exact) mass is 457 g/mol. The number of aryl methyl sites for hydroxylation is 2. The van der Waals surface area contributed by atoms with Gasteiger partial charge in [-0.2, -0.15) is 0 Å². The van der Waals surface area contributed by atoms with Crippen molar-refractivity contribution in [2.45, 2.75) is 104 Å². The van der Waals surface area contributed by atoms with Crippen LogP contribution in [0.3, 0.4) is 0 Å². The molecule has 0 aliphatic heterocycles. The topological polar surface area (TPSA) is 35.5 Å². The number of hydrogen-bond acceptors (Lipinski definition) is 3. The SMILES string of the molecule is CCCCCCCCc1ccccc1O[P+](=O)Oc1ccccc1CCCCCCCC. The quantitative estimate of drug-likeness (QED) is 0.165. The molecule has 0 atom stereocenters. The fourth-order valence-electron chi connectivity index (χ4n) is 3.97. The van der Waals surface area contributed by atoms with E-state index in [2.05, 4.69) is 26.0 Å². The Labute approximate surface area is 196 Å². The average Bonchev–Trinajstić information content (AvgIpc) is 2.80. The van der Waals surface area contributed by atoms with Gasteiger partial charge in [0.2, 0.25) is 0 Å². The summed E-state index contributed by atoms with van der Waals surface area (Å²) in [5, 5.41) is 0. The van der Waals surface area contributed by atoms with Crippen LogP contribution in [-0.2, 0) is 17.4 Å². The third-order valence-corrected chi connectivity index (χ3v) is 6.58. The molecule has 2 rings (SSSR count). The lowest BCUT2D eigenvalue weighted by Crippen LogP contribution is -1.96. The maximum absolute atomic E-state index is 12.7. The van der Waals surface area contributed by atoms with Gasteiger partial charge in [0.15, 0.2) is 11.5 Å². The predicted octanol–water partition coefficient (Wildman–Crippen LogP) is 9.61. The average molecular weight is 458 g/mol. The fraction of sp³-hybridized carbons (Fsp3) is 0.571. The van der Waals surface area contributed by atoms with E-state index in [1.165, 1.54) is 64.2 Å². The van der Waals surface area contributed by atoms with Gasteiger partial charge in [0.1, 0.15) is 0 Å². The van der Waals surface area contributed by atoms with Crippen molar-refractivity contribution in [1.29, 1.82) is 0 Å². The second kappa shape index (κ2) is 16.7. The van der Waals surface area contributed by atoms with Crippen molar-refractivity contribution < 1.29 is 13.6 Å².